The molecule has 0 bridgehead atoms. The van der Waals surface area contributed by atoms with Crippen LogP contribution in [0.25, 0.3) is 0 Å². The molecule has 1 aliphatic rings. The molecule has 0 radical (unpaired) electrons. The van der Waals surface area contributed by atoms with Crippen LogP contribution in [0.2, 0.25) is 5.02 Å². The molecule has 0 aromatic heterocycles. The monoisotopic (exact) mass is 227 g/mol. The van der Waals surface area contributed by atoms with Crippen molar-refractivity contribution in [3.63, 3.8) is 0 Å². The second-order valence-electron chi connectivity index (χ2n) is 3.78. The number of thioether (sulfide) groups is 1. The van der Waals surface area contributed by atoms with E-state index in [0.29, 0.717) is 5.25 Å². The summed E-state index contributed by atoms with van der Waals surface area (Å²) in [6.07, 6.45) is 1.12. The molecule has 76 valence electrons. The van der Waals surface area contributed by atoms with Crippen molar-refractivity contribution in [3.05, 3.63) is 22.7 Å². The molecule has 0 saturated heterocycles. The third-order valence-electron chi connectivity index (χ3n) is 2.23. The van der Waals surface area contributed by atoms with E-state index < -0.39 is 0 Å². The van der Waals surface area contributed by atoms with Gasteiger partial charge in [0.15, 0.2) is 0 Å². The normalized spacial score (nSPS) is 14.3. The Bertz CT molecular complexity index is 349. The number of anilines is 1. The first-order valence-electron chi connectivity index (χ1n) is 4.90. The molecule has 0 amide bonds. The lowest BCUT2D eigenvalue weighted by Gasteiger charge is -2.09. The predicted octanol–water partition coefficient (Wildman–Crippen LogP) is 3.81. The van der Waals surface area contributed by atoms with Crippen molar-refractivity contribution in [2.24, 2.45) is 0 Å². The van der Waals surface area contributed by atoms with E-state index in [-0.39, 0.29) is 0 Å². The number of halogens is 1. The molecule has 1 nitrogen and oxygen atoms in total. The number of hydrogen-bond donors (Lipinski definition) is 1. The maximum Gasteiger partial charge on any atom is 0.0562 e. The van der Waals surface area contributed by atoms with Gasteiger partial charge in [-0.3, -0.25) is 0 Å². The fourth-order valence-electron chi connectivity index (χ4n) is 1.64. The molecular weight excluding hydrogens is 214 g/mol. The Morgan fingerprint density at radius 3 is 2.93 bits per heavy atom. The lowest BCUT2D eigenvalue weighted by Crippen LogP contribution is -1.91. The SMILES string of the molecule is CC(C)Sc1cc2c(cc1Cl)NCC2. The van der Waals surface area contributed by atoms with Crippen molar-refractivity contribution >= 4 is 29.1 Å². The summed E-state index contributed by atoms with van der Waals surface area (Å²) < 4.78 is 0. The highest BCUT2D eigenvalue weighted by Gasteiger charge is 2.14. The van der Waals surface area contributed by atoms with Gasteiger partial charge in [0.1, 0.15) is 0 Å². The Morgan fingerprint density at radius 2 is 2.21 bits per heavy atom. The number of hydrogen-bond acceptors (Lipinski definition) is 2. The first kappa shape index (κ1) is 10.2. The van der Waals surface area contributed by atoms with Crippen LogP contribution in [0.15, 0.2) is 17.0 Å². The highest BCUT2D eigenvalue weighted by atomic mass is 35.5. The molecule has 2 rings (SSSR count). The van der Waals surface area contributed by atoms with E-state index in [1.807, 2.05) is 11.8 Å². The molecule has 0 saturated carbocycles. The van der Waals surface area contributed by atoms with Gasteiger partial charge in [-0.25, -0.2) is 0 Å². The average molecular weight is 228 g/mol. The van der Waals surface area contributed by atoms with E-state index in [2.05, 4.69) is 31.3 Å². The quantitative estimate of drug-likeness (QED) is 0.772. The molecule has 1 aromatic rings. The Balaban J connectivity index is 2.32. The fourth-order valence-corrected chi connectivity index (χ4v) is 2.83. The molecule has 1 aromatic carbocycles. The lowest BCUT2D eigenvalue weighted by molar-refractivity contribution is 1.09. The molecule has 3 heteroatoms. The van der Waals surface area contributed by atoms with Gasteiger partial charge in [-0.2, -0.15) is 0 Å². The van der Waals surface area contributed by atoms with Gasteiger partial charge >= 0.3 is 0 Å². The maximum absolute atomic E-state index is 6.19. The van der Waals surface area contributed by atoms with Gasteiger partial charge in [0, 0.05) is 22.4 Å². The van der Waals surface area contributed by atoms with Gasteiger partial charge in [-0.05, 0) is 24.1 Å². The van der Waals surface area contributed by atoms with E-state index in [4.69, 9.17) is 11.6 Å². The third-order valence-corrected chi connectivity index (χ3v) is 3.72. The fraction of sp³-hybridized carbons (Fsp3) is 0.455. The first-order valence-corrected chi connectivity index (χ1v) is 6.15. The maximum atomic E-state index is 6.19. The number of benzene rings is 1. The highest BCUT2D eigenvalue weighted by Crippen LogP contribution is 2.36. The van der Waals surface area contributed by atoms with Crippen molar-refractivity contribution in [2.45, 2.75) is 30.4 Å². The van der Waals surface area contributed by atoms with Crippen LogP contribution in [0.1, 0.15) is 19.4 Å². The Morgan fingerprint density at radius 1 is 1.43 bits per heavy atom. The zero-order valence-corrected chi connectivity index (χ0v) is 10.0. The third kappa shape index (κ3) is 2.01. The Labute approximate surface area is 94.2 Å². The van der Waals surface area contributed by atoms with Gasteiger partial charge < -0.3 is 5.32 Å². The molecule has 14 heavy (non-hydrogen) atoms. The van der Waals surface area contributed by atoms with Gasteiger partial charge in [-0.15, -0.1) is 11.8 Å². The van der Waals surface area contributed by atoms with Crippen LogP contribution in [0.3, 0.4) is 0 Å². The zero-order valence-electron chi connectivity index (χ0n) is 8.43. The van der Waals surface area contributed by atoms with E-state index in [0.717, 1.165) is 18.0 Å². The van der Waals surface area contributed by atoms with Crippen LogP contribution in [-0.4, -0.2) is 11.8 Å². The van der Waals surface area contributed by atoms with Crippen molar-refractivity contribution in [2.75, 3.05) is 11.9 Å². The lowest BCUT2D eigenvalue weighted by atomic mass is 10.2. The summed E-state index contributed by atoms with van der Waals surface area (Å²) in [6.45, 7) is 5.42. The molecule has 0 aliphatic carbocycles. The largest absolute Gasteiger partial charge is 0.384 e. The summed E-state index contributed by atoms with van der Waals surface area (Å²) in [5.74, 6) is 0. The van der Waals surface area contributed by atoms with E-state index in [9.17, 15) is 0 Å². The van der Waals surface area contributed by atoms with Crippen LogP contribution >= 0.6 is 23.4 Å². The molecule has 0 unspecified atom stereocenters. The van der Waals surface area contributed by atoms with Crippen LogP contribution in [0.5, 0.6) is 0 Å². The Kier molecular flexibility index (Phi) is 2.93. The van der Waals surface area contributed by atoms with E-state index >= 15 is 0 Å². The van der Waals surface area contributed by atoms with Crippen molar-refractivity contribution in [3.8, 4) is 0 Å². The van der Waals surface area contributed by atoms with Crippen LogP contribution < -0.4 is 5.32 Å². The van der Waals surface area contributed by atoms with Gasteiger partial charge in [0.05, 0.1) is 5.02 Å². The second-order valence-corrected chi connectivity index (χ2v) is 5.81. The minimum Gasteiger partial charge on any atom is -0.384 e. The minimum atomic E-state index is 0.583. The molecule has 1 aliphatic heterocycles. The molecule has 0 fully saturated rings. The molecule has 0 atom stereocenters. The summed E-state index contributed by atoms with van der Waals surface area (Å²) in [5.41, 5.74) is 2.61. The first-order chi connectivity index (χ1) is 6.66. The summed E-state index contributed by atoms with van der Waals surface area (Å²) in [5, 5.41) is 4.78. The van der Waals surface area contributed by atoms with Gasteiger partial charge in [-0.1, -0.05) is 25.4 Å². The zero-order chi connectivity index (χ0) is 10.1. The van der Waals surface area contributed by atoms with Gasteiger partial charge in [0.25, 0.3) is 0 Å². The molecule has 0 spiro atoms. The molecular formula is C11H14ClNS. The summed E-state index contributed by atoms with van der Waals surface area (Å²) in [7, 11) is 0. The van der Waals surface area contributed by atoms with Crippen molar-refractivity contribution in [1.29, 1.82) is 0 Å². The predicted molar refractivity (Wildman–Crippen MR) is 64.6 cm³/mol. The van der Waals surface area contributed by atoms with Crippen molar-refractivity contribution in [1.82, 2.24) is 0 Å². The Hall–Kier alpha value is -0.340. The molecule has 1 heterocycles. The number of nitrogens with one attached hydrogen (secondary N) is 1. The minimum absolute atomic E-state index is 0.583. The number of rotatable bonds is 2. The summed E-state index contributed by atoms with van der Waals surface area (Å²) in [4.78, 5) is 1.21. The van der Waals surface area contributed by atoms with Crippen molar-refractivity contribution < 1.29 is 0 Å². The average Bonchev–Trinajstić information content (AvgIpc) is 2.51. The van der Waals surface area contributed by atoms with Crippen LogP contribution in [0, 0.1) is 0 Å². The van der Waals surface area contributed by atoms with E-state index in [1.54, 1.807) is 0 Å². The van der Waals surface area contributed by atoms with E-state index in [1.165, 1.54) is 16.1 Å². The van der Waals surface area contributed by atoms with Crippen LogP contribution in [0.4, 0.5) is 5.69 Å². The smallest absolute Gasteiger partial charge is 0.0562 e. The summed E-state index contributed by atoms with van der Waals surface area (Å²) in [6, 6.07) is 4.27. The standard InChI is InChI=1S/C11H14ClNS/c1-7(2)14-11-5-8-3-4-13-10(8)6-9(11)12/h5-7,13H,3-4H2,1-2H3. The molecule has 1 N–H and O–H groups in total. The second kappa shape index (κ2) is 4.03. The van der Waals surface area contributed by atoms with Gasteiger partial charge in [0.2, 0.25) is 0 Å². The highest BCUT2D eigenvalue weighted by molar-refractivity contribution is 8.00. The number of fused-ring (bicyclic) bond motifs is 1. The van der Waals surface area contributed by atoms with Crippen LogP contribution in [-0.2, 0) is 6.42 Å². The summed E-state index contributed by atoms with van der Waals surface area (Å²) >= 11 is 8.02. The topological polar surface area (TPSA) is 12.0 Å².